The molecule has 1 aromatic heterocycles. The SMILES string of the molecule is CC(C)(C)OC(=O)N1CCC(n2ncc(COc3ccc(S(C)(=O)=O)cc3F)n2)CC1. The number of likely N-dealkylation sites (tertiary alicyclic amines) is 1. The maximum atomic E-state index is 14.1. The van der Waals surface area contributed by atoms with Gasteiger partial charge in [0.1, 0.15) is 17.9 Å². The van der Waals surface area contributed by atoms with E-state index < -0.39 is 21.3 Å². The molecular weight excluding hydrogens is 427 g/mol. The van der Waals surface area contributed by atoms with Crippen LogP contribution in [0.1, 0.15) is 45.3 Å². The molecule has 1 aliphatic heterocycles. The Kier molecular flexibility index (Phi) is 6.54. The Morgan fingerprint density at radius 1 is 1.26 bits per heavy atom. The van der Waals surface area contributed by atoms with Crippen LogP contribution in [0.15, 0.2) is 29.3 Å². The lowest BCUT2D eigenvalue weighted by atomic mass is 10.1. The third-order valence-corrected chi connectivity index (χ3v) is 5.82. The minimum Gasteiger partial charge on any atom is -0.484 e. The molecule has 2 heterocycles. The van der Waals surface area contributed by atoms with Crippen LogP contribution in [0.5, 0.6) is 5.75 Å². The van der Waals surface area contributed by atoms with E-state index in [-0.39, 0.29) is 29.4 Å². The van der Waals surface area contributed by atoms with Gasteiger partial charge in [-0.3, -0.25) is 0 Å². The first-order valence-electron chi connectivity index (χ1n) is 9.93. The van der Waals surface area contributed by atoms with Crippen LogP contribution >= 0.6 is 0 Å². The molecule has 9 nitrogen and oxygen atoms in total. The number of benzene rings is 1. The van der Waals surface area contributed by atoms with Crippen molar-refractivity contribution in [3.63, 3.8) is 0 Å². The lowest BCUT2D eigenvalue weighted by molar-refractivity contribution is 0.0180. The maximum absolute atomic E-state index is 14.1. The molecule has 0 atom stereocenters. The summed E-state index contributed by atoms with van der Waals surface area (Å²) >= 11 is 0. The van der Waals surface area contributed by atoms with Crippen molar-refractivity contribution in [3.05, 3.63) is 35.9 Å². The minimum absolute atomic E-state index is 0.00804. The molecule has 0 N–H and O–H groups in total. The zero-order chi connectivity index (χ0) is 22.8. The summed E-state index contributed by atoms with van der Waals surface area (Å²) in [6, 6.07) is 3.55. The minimum atomic E-state index is -3.49. The molecule has 1 aromatic carbocycles. The number of hydrogen-bond acceptors (Lipinski definition) is 7. The summed E-state index contributed by atoms with van der Waals surface area (Å²) in [6.45, 7) is 6.59. The van der Waals surface area contributed by atoms with Gasteiger partial charge in [-0.25, -0.2) is 17.6 Å². The van der Waals surface area contributed by atoms with Crippen molar-refractivity contribution in [2.24, 2.45) is 0 Å². The normalized spacial score (nSPS) is 15.7. The largest absolute Gasteiger partial charge is 0.484 e. The molecule has 0 bridgehead atoms. The van der Waals surface area contributed by atoms with Crippen molar-refractivity contribution in [3.8, 4) is 5.75 Å². The number of piperidine rings is 1. The van der Waals surface area contributed by atoms with Crippen molar-refractivity contribution in [2.45, 2.75) is 56.8 Å². The van der Waals surface area contributed by atoms with Crippen molar-refractivity contribution in [1.29, 1.82) is 0 Å². The highest BCUT2D eigenvalue weighted by Gasteiger charge is 2.28. The fourth-order valence-electron chi connectivity index (χ4n) is 3.14. The average molecular weight is 455 g/mol. The molecule has 0 spiro atoms. The van der Waals surface area contributed by atoms with Crippen molar-refractivity contribution in [1.82, 2.24) is 19.9 Å². The molecule has 0 unspecified atom stereocenters. The smallest absolute Gasteiger partial charge is 0.410 e. The third kappa shape index (κ3) is 6.16. The van der Waals surface area contributed by atoms with Gasteiger partial charge in [0.2, 0.25) is 0 Å². The van der Waals surface area contributed by atoms with Gasteiger partial charge < -0.3 is 14.4 Å². The van der Waals surface area contributed by atoms with E-state index in [0.717, 1.165) is 12.3 Å². The van der Waals surface area contributed by atoms with Gasteiger partial charge >= 0.3 is 6.09 Å². The van der Waals surface area contributed by atoms with Gasteiger partial charge in [0.15, 0.2) is 21.4 Å². The van der Waals surface area contributed by atoms with Gasteiger partial charge in [-0.2, -0.15) is 15.0 Å². The van der Waals surface area contributed by atoms with Crippen LogP contribution in [0.3, 0.4) is 0 Å². The second kappa shape index (κ2) is 8.81. The van der Waals surface area contributed by atoms with Gasteiger partial charge in [-0.1, -0.05) is 0 Å². The second-order valence-corrected chi connectivity index (χ2v) is 10.5. The molecule has 0 saturated carbocycles. The molecule has 170 valence electrons. The maximum Gasteiger partial charge on any atom is 0.410 e. The van der Waals surface area contributed by atoms with Gasteiger partial charge in [0, 0.05) is 19.3 Å². The van der Waals surface area contributed by atoms with E-state index >= 15 is 0 Å². The summed E-state index contributed by atoms with van der Waals surface area (Å²) in [5, 5.41) is 8.66. The predicted octanol–water partition coefficient (Wildman–Crippen LogP) is 2.97. The summed E-state index contributed by atoms with van der Waals surface area (Å²) in [5.41, 5.74) is -0.0158. The van der Waals surface area contributed by atoms with Crippen molar-refractivity contribution < 1.29 is 27.1 Å². The predicted molar refractivity (Wildman–Crippen MR) is 110 cm³/mol. The summed E-state index contributed by atoms with van der Waals surface area (Å²) < 4.78 is 47.9. The molecule has 0 radical (unpaired) electrons. The fourth-order valence-corrected chi connectivity index (χ4v) is 3.77. The quantitative estimate of drug-likeness (QED) is 0.684. The van der Waals surface area contributed by atoms with E-state index in [9.17, 15) is 17.6 Å². The zero-order valence-electron chi connectivity index (χ0n) is 18.0. The first-order chi connectivity index (χ1) is 14.4. The number of carbonyl (C=O) groups is 1. The summed E-state index contributed by atoms with van der Waals surface area (Å²) in [4.78, 5) is 15.3. The summed E-state index contributed by atoms with van der Waals surface area (Å²) in [6.07, 6.45) is 3.62. The highest BCUT2D eigenvalue weighted by molar-refractivity contribution is 7.90. The molecule has 31 heavy (non-hydrogen) atoms. The zero-order valence-corrected chi connectivity index (χ0v) is 18.9. The topological polar surface area (TPSA) is 104 Å². The van der Waals surface area contributed by atoms with Gasteiger partial charge in [-0.15, -0.1) is 0 Å². The Bertz CT molecular complexity index is 1040. The molecule has 1 amide bonds. The molecular formula is C20H27FN4O5S. The molecule has 2 aromatic rings. The van der Waals surface area contributed by atoms with E-state index in [2.05, 4.69) is 10.2 Å². The number of rotatable bonds is 5. The Balaban J connectivity index is 1.54. The Morgan fingerprint density at radius 3 is 2.52 bits per heavy atom. The van der Waals surface area contributed by atoms with Gasteiger partial charge in [0.25, 0.3) is 0 Å². The summed E-state index contributed by atoms with van der Waals surface area (Å²) in [7, 11) is -3.49. The Morgan fingerprint density at radius 2 is 1.94 bits per heavy atom. The number of carbonyl (C=O) groups excluding carboxylic acids is 1. The Hall–Kier alpha value is -2.69. The van der Waals surface area contributed by atoms with E-state index in [4.69, 9.17) is 9.47 Å². The monoisotopic (exact) mass is 454 g/mol. The number of hydrogen-bond donors (Lipinski definition) is 0. The van der Waals surface area contributed by atoms with E-state index in [1.807, 2.05) is 20.8 Å². The van der Waals surface area contributed by atoms with Crippen LogP contribution in [0.4, 0.5) is 9.18 Å². The third-order valence-electron chi connectivity index (χ3n) is 4.71. The van der Waals surface area contributed by atoms with Gasteiger partial charge in [-0.05, 0) is 51.8 Å². The number of nitrogens with zero attached hydrogens (tertiary/aromatic N) is 4. The van der Waals surface area contributed by atoms with Crippen molar-refractivity contribution in [2.75, 3.05) is 19.3 Å². The lowest BCUT2D eigenvalue weighted by Crippen LogP contribution is -2.42. The lowest BCUT2D eigenvalue weighted by Gasteiger charge is -2.32. The van der Waals surface area contributed by atoms with Crippen LogP contribution in [0, 0.1) is 5.82 Å². The molecule has 1 fully saturated rings. The standard InChI is InChI=1S/C20H27FN4O5S/c1-20(2,3)30-19(26)24-9-7-15(8-10-24)25-22-12-14(23-25)13-29-18-6-5-16(11-17(18)21)31(4,27)28/h5-6,11-12,15H,7-10,13H2,1-4H3. The van der Waals surface area contributed by atoms with Crippen molar-refractivity contribution >= 4 is 15.9 Å². The first-order valence-corrected chi connectivity index (χ1v) is 11.8. The van der Waals surface area contributed by atoms with Gasteiger partial charge in [0.05, 0.1) is 17.1 Å². The van der Waals surface area contributed by atoms with Crippen LogP contribution in [-0.4, -0.2) is 59.4 Å². The van der Waals surface area contributed by atoms with Crippen LogP contribution < -0.4 is 4.74 Å². The molecule has 3 rings (SSSR count). The number of sulfone groups is 1. The van der Waals surface area contributed by atoms with E-state index in [1.54, 1.807) is 15.9 Å². The highest BCUT2D eigenvalue weighted by Crippen LogP contribution is 2.24. The average Bonchev–Trinajstić information content (AvgIpc) is 3.14. The first kappa shape index (κ1) is 23.0. The van der Waals surface area contributed by atoms with E-state index in [0.29, 0.717) is 31.6 Å². The number of amides is 1. The van der Waals surface area contributed by atoms with Crippen LogP contribution in [0.25, 0.3) is 0 Å². The molecule has 11 heteroatoms. The summed E-state index contributed by atoms with van der Waals surface area (Å²) in [5.74, 6) is -0.822. The fraction of sp³-hybridized carbons (Fsp3) is 0.550. The molecule has 1 saturated heterocycles. The molecule has 0 aliphatic carbocycles. The molecule has 1 aliphatic rings. The number of aromatic nitrogens is 3. The van der Waals surface area contributed by atoms with Crippen LogP contribution in [-0.2, 0) is 21.2 Å². The second-order valence-electron chi connectivity index (χ2n) is 8.51. The van der Waals surface area contributed by atoms with Crippen LogP contribution in [0.2, 0.25) is 0 Å². The van der Waals surface area contributed by atoms with E-state index in [1.165, 1.54) is 12.1 Å². The Labute approximate surface area is 181 Å². The highest BCUT2D eigenvalue weighted by atomic mass is 32.2. The number of ether oxygens (including phenoxy) is 2. The number of halogens is 1.